The summed E-state index contributed by atoms with van der Waals surface area (Å²) in [5.41, 5.74) is 3.80. The Balaban J connectivity index is 1.06. The Kier molecular flexibility index (Phi) is 11.6. The van der Waals surface area contributed by atoms with E-state index in [1.807, 2.05) is 54.9 Å². The van der Waals surface area contributed by atoms with Crippen LogP contribution in [0.5, 0.6) is 5.75 Å². The summed E-state index contributed by atoms with van der Waals surface area (Å²) in [6.07, 6.45) is 12.2. The van der Waals surface area contributed by atoms with Gasteiger partial charge >= 0.3 is 5.97 Å². The summed E-state index contributed by atoms with van der Waals surface area (Å²) < 4.78 is 6.03. The third kappa shape index (κ3) is 9.47. The van der Waals surface area contributed by atoms with E-state index in [1.165, 1.54) is 43.4 Å². The summed E-state index contributed by atoms with van der Waals surface area (Å²) in [5.74, 6) is -0.372. The Bertz CT molecular complexity index is 1730. The molecule has 1 aliphatic carbocycles. The molecule has 9 nitrogen and oxygen atoms in total. The molecule has 0 bridgehead atoms. The molecule has 1 saturated heterocycles. The fourth-order valence-corrected chi connectivity index (χ4v) is 8.02. The highest BCUT2D eigenvalue weighted by Gasteiger charge is 2.35. The van der Waals surface area contributed by atoms with E-state index < -0.39 is 17.9 Å². The second-order valence-corrected chi connectivity index (χ2v) is 16.2. The average molecular weight is 711 g/mol. The molecule has 2 aromatic carbocycles. The molecule has 3 aliphatic rings. The first kappa shape index (κ1) is 36.4. The molecule has 0 spiro atoms. The highest BCUT2D eigenvalue weighted by atomic mass is 32.1. The first-order valence-electron chi connectivity index (χ1n) is 18.3. The Labute approximate surface area is 305 Å². The summed E-state index contributed by atoms with van der Waals surface area (Å²) in [6.45, 7) is 7.55. The number of aliphatic carboxylic acids is 1. The number of carboxylic acids is 1. The van der Waals surface area contributed by atoms with Gasteiger partial charge in [0.15, 0.2) is 0 Å². The van der Waals surface area contributed by atoms with Crippen LogP contribution in [0, 0.1) is 11.8 Å². The van der Waals surface area contributed by atoms with Gasteiger partial charge in [-0.05, 0) is 65.1 Å². The van der Waals surface area contributed by atoms with Crippen LogP contribution in [0.4, 0.5) is 0 Å². The van der Waals surface area contributed by atoms with Gasteiger partial charge in [0.1, 0.15) is 18.0 Å². The lowest BCUT2D eigenvalue weighted by molar-refractivity contribution is -0.141. The zero-order valence-electron chi connectivity index (χ0n) is 29.9. The first-order chi connectivity index (χ1) is 24.5. The lowest BCUT2D eigenvalue weighted by Gasteiger charge is -2.25. The number of carboxylic acid groups (broad SMARTS) is 1. The highest BCUT2D eigenvalue weighted by molar-refractivity contribution is 7.14. The first-order valence-corrected chi connectivity index (χ1v) is 19.1. The predicted octanol–water partition coefficient (Wildman–Crippen LogP) is 7.38. The normalized spacial score (nSPS) is 20.0. The van der Waals surface area contributed by atoms with Gasteiger partial charge in [-0.15, -0.1) is 11.3 Å². The van der Waals surface area contributed by atoms with Gasteiger partial charge in [-0.25, -0.2) is 0 Å². The molecule has 3 heterocycles. The fourth-order valence-electron chi connectivity index (χ4n) is 7.05. The van der Waals surface area contributed by atoms with Crippen LogP contribution in [0.15, 0.2) is 71.9 Å². The molecular weight excluding hydrogens is 661 g/mol. The second kappa shape index (κ2) is 16.3. The summed E-state index contributed by atoms with van der Waals surface area (Å²) in [6, 6.07) is 19.0. The second-order valence-electron chi connectivity index (χ2n) is 15.1. The van der Waals surface area contributed by atoms with Crippen LogP contribution in [0.2, 0.25) is 0 Å². The van der Waals surface area contributed by atoms with Crippen molar-refractivity contribution < 1.29 is 24.2 Å². The molecule has 0 radical (unpaired) electrons. The van der Waals surface area contributed by atoms with Crippen LogP contribution in [0.25, 0.3) is 5.57 Å². The number of allylic oxidation sites excluding steroid dienone is 1. The van der Waals surface area contributed by atoms with E-state index in [0.29, 0.717) is 17.8 Å². The average Bonchev–Trinajstić information content (AvgIpc) is 3.84. The van der Waals surface area contributed by atoms with Gasteiger partial charge in [0, 0.05) is 42.4 Å². The number of nitrogens with zero attached hydrogens (tertiary/aromatic N) is 2. The minimum atomic E-state index is -0.904. The molecule has 51 heavy (non-hydrogen) atoms. The molecule has 270 valence electrons. The lowest BCUT2D eigenvalue weighted by atomic mass is 9.87. The van der Waals surface area contributed by atoms with Gasteiger partial charge in [-0.1, -0.05) is 89.3 Å². The number of carbonyl (C=O) groups is 3. The largest absolute Gasteiger partial charge is 0.494 e. The summed E-state index contributed by atoms with van der Waals surface area (Å²) in [4.78, 5) is 46.6. The number of rotatable bonds is 12. The zero-order chi connectivity index (χ0) is 36.0. The maximum absolute atomic E-state index is 13.7. The van der Waals surface area contributed by atoms with Crippen molar-refractivity contribution >= 4 is 40.9 Å². The van der Waals surface area contributed by atoms with Crippen LogP contribution in [0.3, 0.4) is 0 Å². The van der Waals surface area contributed by atoms with Gasteiger partial charge in [0.25, 0.3) is 5.91 Å². The number of thiophene rings is 1. The number of carbonyl (C=O) groups excluding carboxylic acids is 2. The van der Waals surface area contributed by atoms with Crippen LogP contribution < -0.4 is 15.4 Å². The van der Waals surface area contributed by atoms with E-state index in [9.17, 15) is 19.5 Å². The smallest absolute Gasteiger partial charge is 0.308 e. The quantitative estimate of drug-likeness (QED) is 0.181. The molecule has 10 heteroatoms. The zero-order valence-corrected chi connectivity index (χ0v) is 30.7. The van der Waals surface area contributed by atoms with Gasteiger partial charge < -0.3 is 25.4 Å². The molecule has 2 aliphatic heterocycles. The SMILES string of the molecule is CC(C)(C)c1ccc(C(=O)N[C@@H](Cc2ccc(C3N=CC(c4ccc(OCCC5CCCCC5)cc4)=CN3)cc2)C(=O)N2CC[C@H](C(=O)O)C2)s1. The van der Waals surface area contributed by atoms with Crippen molar-refractivity contribution in [1.29, 1.82) is 0 Å². The van der Waals surface area contributed by atoms with Crippen LogP contribution in [-0.2, 0) is 21.4 Å². The van der Waals surface area contributed by atoms with E-state index in [2.05, 4.69) is 43.5 Å². The number of hydrogen-bond donors (Lipinski definition) is 3. The van der Waals surface area contributed by atoms with Crippen molar-refractivity contribution in [2.75, 3.05) is 19.7 Å². The van der Waals surface area contributed by atoms with E-state index in [-0.39, 0.29) is 36.4 Å². The third-order valence-corrected chi connectivity index (χ3v) is 11.7. The Morgan fingerprint density at radius 2 is 1.75 bits per heavy atom. The molecular formula is C41H50N4O5S. The predicted molar refractivity (Wildman–Crippen MR) is 202 cm³/mol. The summed E-state index contributed by atoms with van der Waals surface area (Å²) in [5, 5.41) is 15.9. The number of ether oxygens (including phenoxy) is 1. The number of likely N-dealkylation sites (tertiary alicyclic amines) is 1. The monoisotopic (exact) mass is 710 g/mol. The maximum atomic E-state index is 13.7. The van der Waals surface area contributed by atoms with E-state index in [4.69, 9.17) is 9.73 Å². The van der Waals surface area contributed by atoms with Gasteiger partial charge in [0.2, 0.25) is 5.91 Å². The van der Waals surface area contributed by atoms with Crippen molar-refractivity contribution in [2.45, 2.75) is 89.8 Å². The van der Waals surface area contributed by atoms with Crippen molar-refractivity contribution in [3.05, 3.63) is 93.3 Å². The number of amides is 2. The molecule has 1 saturated carbocycles. The van der Waals surface area contributed by atoms with E-state index in [1.54, 1.807) is 11.0 Å². The van der Waals surface area contributed by atoms with E-state index in [0.717, 1.165) is 51.8 Å². The van der Waals surface area contributed by atoms with Gasteiger partial charge in [-0.3, -0.25) is 19.4 Å². The minimum Gasteiger partial charge on any atom is -0.494 e. The van der Waals surface area contributed by atoms with Crippen LogP contribution in [0.1, 0.15) is 103 Å². The summed E-state index contributed by atoms with van der Waals surface area (Å²) in [7, 11) is 0. The third-order valence-electron chi connectivity index (χ3n) is 10.2. The molecule has 2 amide bonds. The Hall–Kier alpha value is -4.44. The molecule has 2 fully saturated rings. The molecule has 3 N–H and O–H groups in total. The van der Waals surface area contributed by atoms with E-state index >= 15 is 0 Å². The number of hydrogen-bond acceptors (Lipinski definition) is 7. The topological polar surface area (TPSA) is 120 Å². The Morgan fingerprint density at radius 3 is 2.37 bits per heavy atom. The van der Waals surface area contributed by atoms with Crippen molar-refractivity contribution in [3.8, 4) is 5.75 Å². The maximum Gasteiger partial charge on any atom is 0.308 e. The van der Waals surface area contributed by atoms with Gasteiger partial charge in [-0.2, -0.15) is 0 Å². The van der Waals surface area contributed by atoms with Crippen molar-refractivity contribution in [3.63, 3.8) is 0 Å². The van der Waals surface area contributed by atoms with Crippen LogP contribution in [-0.4, -0.2) is 59.7 Å². The molecule has 1 unspecified atom stereocenters. The molecule has 3 atom stereocenters. The molecule has 3 aromatic rings. The molecule has 6 rings (SSSR count). The lowest BCUT2D eigenvalue weighted by Crippen LogP contribution is -2.49. The highest BCUT2D eigenvalue weighted by Crippen LogP contribution is 2.30. The number of aliphatic imine (C=N–C) groups is 1. The standard InChI is InChI=1S/C41H50N4O5S/c1-41(2,3)36-18-17-35(51-36)38(46)44-34(39(47)45-21-19-31(26-45)40(48)49)23-28-9-11-30(12-10-28)37-42-24-32(25-43-37)29-13-15-33(16-14-29)50-22-20-27-7-5-4-6-8-27/h9-18,24-25,27,31,34,37,42H,4-8,19-23,26H2,1-3H3,(H,44,46)(H,48,49)/t31-,34-,37?/m0/s1. The number of nitrogens with one attached hydrogen (secondary N) is 2. The number of benzene rings is 2. The van der Waals surface area contributed by atoms with Crippen LogP contribution >= 0.6 is 11.3 Å². The fraction of sp³-hybridized carbons (Fsp3) is 0.463. The summed E-state index contributed by atoms with van der Waals surface area (Å²) >= 11 is 1.42. The minimum absolute atomic E-state index is 0.0929. The molecule has 1 aromatic heterocycles. The van der Waals surface area contributed by atoms with Crippen molar-refractivity contribution in [2.24, 2.45) is 16.8 Å². The Morgan fingerprint density at radius 1 is 1.00 bits per heavy atom. The van der Waals surface area contributed by atoms with Crippen molar-refractivity contribution in [1.82, 2.24) is 15.5 Å². The van der Waals surface area contributed by atoms with Gasteiger partial charge in [0.05, 0.1) is 17.4 Å².